The summed E-state index contributed by atoms with van der Waals surface area (Å²) >= 11 is 9.96. The van der Waals surface area contributed by atoms with Crippen molar-refractivity contribution in [3.8, 4) is 0 Å². The molecule has 0 radical (unpaired) electrons. The van der Waals surface area contributed by atoms with Gasteiger partial charge in [-0.05, 0) is 53.7 Å². The maximum atomic E-state index is 13.1. The Kier molecular flexibility index (Phi) is 5.45. The molecule has 134 valence electrons. The second-order valence-electron chi connectivity index (χ2n) is 5.20. The maximum absolute atomic E-state index is 13.1. The minimum atomic E-state index is -4.60. The van der Waals surface area contributed by atoms with Crippen molar-refractivity contribution in [2.24, 2.45) is 4.99 Å². The molecule has 0 bridgehead atoms. The number of carbonyl (C=O) groups is 1. The summed E-state index contributed by atoms with van der Waals surface area (Å²) in [5.41, 5.74) is -0.495. The van der Waals surface area contributed by atoms with E-state index in [0.717, 1.165) is 27.9 Å². The molecule has 1 heterocycles. The average Bonchev–Trinajstić information content (AvgIpc) is 2.87. The number of carbonyl (C=O) groups excluding carboxylic acids is 1. The molecule has 0 atom stereocenters. The first-order valence-electron chi connectivity index (χ1n) is 7.14. The first kappa shape index (κ1) is 19.0. The Morgan fingerprint density at radius 1 is 1.19 bits per heavy atom. The van der Waals surface area contributed by atoms with Gasteiger partial charge in [-0.2, -0.15) is 13.2 Å². The summed E-state index contributed by atoms with van der Waals surface area (Å²) in [6.07, 6.45) is -2.97. The number of hydrogen-bond acceptors (Lipinski definition) is 3. The Morgan fingerprint density at radius 3 is 2.65 bits per heavy atom. The summed E-state index contributed by atoms with van der Waals surface area (Å²) < 4.78 is 40.3. The highest BCUT2D eigenvalue weighted by molar-refractivity contribution is 9.10. The summed E-state index contributed by atoms with van der Waals surface area (Å²) in [4.78, 5) is 16.3. The van der Waals surface area contributed by atoms with E-state index in [9.17, 15) is 18.0 Å². The van der Waals surface area contributed by atoms with Gasteiger partial charge >= 0.3 is 6.18 Å². The van der Waals surface area contributed by atoms with E-state index in [1.165, 1.54) is 12.1 Å². The molecule has 1 fully saturated rings. The van der Waals surface area contributed by atoms with Gasteiger partial charge in [0.25, 0.3) is 5.91 Å². The standard InChI is InChI=1S/C17H9BrClF3N2OS/c18-10-3-1-2-9(6-10)7-14-15(25)24-16(26-14)23-13-5-4-11(19)8-12(13)17(20,21)22/h1-8H,(H,23,24,25)/b14-7-. The molecule has 1 aliphatic rings. The van der Waals surface area contributed by atoms with Crippen molar-refractivity contribution in [2.75, 3.05) is 0 Å². The molecule has 0 aliphatic carbocycles. The number of amidine groups is 1. The van der Waals surface area contributed by atoms with E-state index < -0.39 is 17.6 Å². The first-order valence-corrected chi connectivity index (χ1v) is 9.13. The molecule has 0 spiro atoms. The normalized spacial score (nSPS) is 17.8. The van der Waals surface area contributed by atoms with Crippen LogP contribution in [0.4, 0.5) is 18.9 Å². The van der Waals surface area contributed by atoms with E-state index in [1.54, 1.807) is 6.08 Å². The van der Waals surface area contributed by atoms with Gasteiger partial charge in [-0.25, -0.2) is 4.99 Å². The Balaban J connectivity index is 1.92. The third-order valence-electron chi connectivity index (χ3n) is 3.28. The lowest BCUT2D eigenvalue weighted by atomic mass is 10.2. The van der Waals surface area contributed by atoms with Crippen molar-refractivity contribution in [2.45, 2.75) is 6.18 Å². The van der Waals surface area contributed by atoms with Crippen molar-refractivity contribution in [1.29, 1.82) is 0 Å². The lowest BCUT2D eigenvalue weighted by Gasteiger charge is -2.10. The SMILES string of the molecule is O=C1NC(=Nc2ccc(Cl)cc2C(F)(F)F)S/C1=C\c1cccc(Br)c1. The highest BCUT2D eigenvalue weighted by Crippen LogP contribution is 2.39. The van der Waals surface area contributed by atoms with Gasteiger partial charge in [-0.1, -0.05) is 39.7 Å². The van der Waals surface area contributed by atoms with Gasteiger partial charge in [0.1, 0.15) is 0 Å². The van der Waals surface area contributed by atoms with Crippen molar-refractivity contribution in [1.82, 2.24) is 5.32 Å². The zero-order valence-corrected chi connectivity index (χ0v) is 15.9. The molecule has 1 N–H and O–H groups in total. The number of thioether (sulfide) groups is 1. The van der Waals surface area contributed by atoms with Crippen LogP contribution in [-0.4, -0.2) is 11.1 Å². The van der Waals surface area contributed by atoms with Crippen molar-refractivity contribution >= 4 is 62.1 Å². The van der Waals surface area contributed by atoms with E-state index in [-0.39, 0.29) is 15.9 Å². The second kappa shape index (κ2) is 7.46. The summed E-state index contributed by atoms with van der Waals surface area (Å²) in [7, 11) is 0. The van der Waals surface area contributed by atoms with Crippen LogP contribution in [0.2, 0.25) is 5.02 Å². The van der Waals surface area contributed by atoms with Crippen molar-refractivity contribution in [3.63, 3.8) is 0 Å². The summed E-state index contributed by atoms with van der Waals surface area (Å²) in [5, 5.41) is 2.51. The molecule has 26 heavy (non-hydrogen) atoms. The Bertz CT molecular complexity index is 944. The average molecular weight is 462 g/mol. The van der Waals surface area contributed by atoms with Gasteiger partial charge in [-0.15, -0.1) is 0 Å². The number of halogens is 5. The molecule has 0 unspecified atom stereocenters. The number of benzene rings is 2. The fourth-order valence-corrected chi connectivity index (χ4v) is 3.59. The topological polar surface area (TPSA) is 41.5 Å². The lowest BCUT2D eigenvalue weighted by molar-refractivity contribution is -0.137. The molecule has 1 aliphatic heterocycles. The second-order valence-corrected chi connectivity index (χ2v) is 7.58. The Labute approximate surface area is 164 Å². The molecule has 3 nitrogen and oxygen atoms in total. The fraction of sp³-hybridized carbons (Fsp3) is 0.0588. The lowest BCUT2D eigenvalue weighted by Crippen LogP contribution is -2.19. The number of alkyl halides is 3. The molecule has 9 heteroatoms. The first-order chi connectivity index (χ1) is 12.2. The predicted octanol–water partition coefficient (Wildman–Crippen LogP) is 6.01. The number of nitrogens with zero attached hydrogens (tertiary/aromatic N) is 1. The van der Waals surface area contributed by atoms with Crippen LogP contribution in [0.25, 0.3) is 6.08 Å². The van der Waals surface area contributed by atoms with E-state index in [4.69, 9.17) is 11.6 Å². The minimum Gasteiger partial charge on any atom is -0.300 e. The van der Waals surface area contributed by atoms with Crippen molar-refractivity contribution < 1.29 is 18.0 Å². The molecular weight excluding hydrogens is 453 g/mol. The van der Waals surface area contributed by atoms with E-state index in [1.807, 2.05) is 24.3 Å². The smallest absolute Gasteiger partial charge is 0.300 e. The molecule has 1 saturated heterocycles. The number of amides is 1. The molecule has 3 rings (SSSR count). The third kappa shape index (κ3) is 4.49. The highest BCUT2D eigenvalue weighted by atomic mass is 79.9. The van der Waals surface area contributed by atoms with Crippen LogP contribution in [0.15, 0.2) is 56.8 Å². The van der Waals surface area contributed by atoms with Crippen LogP contribution in [0.1, 0.15) is 11.1 Å². The number of hydrogen-bond donors (Lipinski definition) is 1. The highest BCUT2D eigenvalue weighted by Gasteiger charge is 2.34. The van der Waals surface area contributed by atoms with Crippen LogP contribution in [-0.2, 0) is 11.0 Å². The largest absolute Gasteiger partial charge is 0.418 e. The molecule has 2 aromatic rings. The molecule has 2 aromatic carbocycles. The number of aliphatic imine (C=N–C) groups is 1. The van der Waals surface area contributed by atoms with Crippen molar-refractivity contribution in [3.05, 3.63) is 68.0 Å². The molecule has 0 saturated carbocycles. The van der Waals surface area contributed by atoms with E-state index in [2.05, 4.69) is 26.2 Å². The summed E-state index contributed by atoms with van der Waals surface area (Å²) in [6, 6.07) is 10.6. The Morgan fingerprint density at radius 2 is 1.96 bits per heavy atom. The van der Waals surface area contributed by atoms with Gasteiger partial charge < -0.3 is 5.32 Å². The van der Waals surface area contributed by atoms with Crippen LogP contribution < -0.4 is 5.32 Å². The van der Waals surface area contributed by atoms with Gasteiger partial charge in [-0.3, -0.25) is 4.79 Å². The number of nitrogens with one attached hydrogen (secondary N) is 1. The maximum Gasteiger partial charge on any atom is 0.418 e. The van der Waals surface area contributed by atoms with Gasteiger partial charge in [0.15, 0.2) is 5.17 Å². The monoisotopic (exact) mass is 460 g/mol. The molecular formula is C17H9BrClF3N2OS. The summed E-state index contributed by atoms with van der Waals surface area (Å²) in [5.74, 6) is -0.420. The fourth-order valence-electron chi connectivity index (χ4n) is 2.17. The van der Waals surface area contributed by atoms with Gasteiger partial charge in [0, 0.05) is 9.50 Å². The predicted molar refractivity (Wildman–Crippen MR) is 101 cm³/mol. The Hall–Kier alpha value is -1.77. The zero-order valence-electron chi connectivity index (χ0n) is 12.8. The van der Waals surface area contributed by atoms with E-state index >= 15 is 0 Å². The number of rotatable bonds is 2. The van der Waals surface area contributed by atoms with Crippen LogP contribution >= 0.6 is 39.3 Å². The molecule has 1 amide bonds. The van der Waals surface area contributed by atoms with Crippen LogP contribution in [0.3, 0.4) is 0 Å². The van der Waals surface area contributed by atoms with Gasteiger partial charge in [0.2, 0.25) is 0 Å². The van der Waals surface area contributed by atoms with Crippen LogP contribution in [0.5, 0.6) is 0 Å². The zero-order chi connectivity index (χ0) is 18.9. The van der Waals surface area contributed by atoms with E-state index in [0.29, 0.717) is 4.91 Å². The van der Waals surface area contributed by atoms with Gasteiger partial charge in [0.05, 0.1) is 16.2 Å². The third-order valence-corrected chi connectivity index (χ3v) is 4.92. The van der Waals surface area contributed by atoms with Crippen LogP contribution in [0, 0.1) is 0 Å². The summed E-state index contributed by atoms with van der Waals surface area (Å²) in [6.45, 7) is 0. The minimum absolute atomic E-state index is 0.0420. The quantitative estimate of drug-likeness (QED) is 0.556. The molecule has 0 aromatic heterocycles.